The van der Waals surface area contributed by atoms with Crippen molar-refractivity contribution in [3.05, 3.63) is 65.2 Å². The summed E-state index contributed by atoms with van der Waals surface area (Å²) < 4.78 is 1.16. The van der Waals surface area contributed by atoms with Gasteiger partial charge in [0.05, 0.1) is 26.7 Å². The van der Waals surface area contributed by atoms with Gasteiger partial charge in [-0.2, -0.15) is 12.6 Å². The van der Waals surface area contributed by atoms with E-state index in [1.54, 1.807) is 18.3 Å². The molecule has 0 radical (unpaired) electrons. The van der Waals surface area contributed by atoms with Gasteiger partial charge in [-0.15, -0.1) is 11.3 Å². The Bertz CT molecular complexity index is 1000. The number of thiazole rings is 1. The molecular weight excluding hydrogens is 360 g/mol. The second-order valence-electron chi connectivity index (χ2n) is 7.05. The number of carbonyl (C=O) groups is 1. The molecule has 4 rings (SSSR count). The Morgan fingerprint density at radius 3 is 2.58 bits per heavy atom. The first-order valence-electron chi connectivity index (χ1n) is 8.55. The van der Waals surface area contributed by atoms with Gasteiger partial charge in [0.1, 0.15) is 5.01 Å². The van der Waals surface area contributed by atoms with Gasteiger partial charge in [0.2, 0.25) is 5.91 Å². The number of para-hydroxylation sites is 2. The molecular formula is C21H20N2OS2. The summed E-state index contributed by atoms with van der Waals surface area (Å²) >= 11 is 6.61. The zero-order valence-corrected chi connectivity index (χ0v) is 16.6. The van der Waals surface area contributed by atoms with Crippen LogP contribution in [0.1, 0.15) is 36.6 Å². The second kappa shape index (κ2) is 6.25. The van der Waals surface area contributed by atoms with Crippen LogP contribution in [0.15, 0.2) is 54.6 Å². The summed E-state index contributed by atoms with van der Waals surface area (Å²) in [6.45, 7) is 5.73. The maximum atomic E-state index is 12.3. The largest absolute Gasteiger partial charge is 0.303 e. The van der Waals surface area contributed by atoms with E-state index in [-0.39, 0.29) is 11.2 Å². The highest BCUT2D eigenvalue weighted by atomic mass is 32.1. The predicted octanol–water partition coefficient (Wildman–Crippen LogP) is 5.50. The Hall–Kier alpha value is -2.11. The molecule has 0 aliphatic carbocycles. The molecule has 2 heterocycles. The Morgan fingerprint density at radius 2 is 1.85 bits per heavy atom. The minimum absolute atomic E-state index is 0.0356. The maximum absolute atomic E-state index is 12.3. The third-order valence-corrected chi connectivity index (χ3v) is 6.49. The van der Waals surface area contributed by atoms with Crippen molar-refractivity contribution in [3.8, 4) is 0 Å². The summed E-state index contributed by atoms with van der Waals surface area (Å²) in [6.07, 6.45) is 2.15. The zero-order chi connectivity index (χ0) is 18.5. The number of hydrogen-bond donors (Lipinski definition) is 1. The Kier molecular flexibility index (Phi) is 4.16. The van der Waals surface area contributed by atoms with Gasteiger partial charge in [-0.25, -0.2) is 4.98 Å². The first kappa shape index (κ1) is 17.3. The summed E-state index contributed by atoms with van der Waals surface area (Å²) in [4.78, 5) is 18.9. The molecule has 26 heavy (non-hydrogen) atoms. The van der Waals surface area contributed by atoms with Crippen molar-refractivity contribution in [1.82, 2.24) is 4.98 Å². The molecule has 1 atom stereocenters. The van der Waals surface area contributed by atoms with E-state index < -0.39 is 5.54 Å². The highest BCUT2D eigenvalue weighted by Gasteiger charge is 2.37. The normalized spacial score (nSPS) is 16.9. The molecule has 3 aromatic rings. The lowest BCUT2D eigenvalue weighted by atomic mass is 9.86. The van der Waals surface area contributed by atoms with Crippen LogP contribution < -0.4 is 4.90 Å². The molecule has 1 aromatic heterocycles. The molecule has 1 amide bonds. The Labute approximate surface area is 162 Å². The van der Waals surface area contributed by atoms with Crippen LogP contribution >= 0.6 is 24.0 Å². The topological polar surface area (TPSA) is 33.2 Å². The standard InChI is InChI=1S/C21H20N2OS2/c1-13(24)23-17-10-6-4-8-14(17)15(12-21(23,2)3)19(25)20-22-16-9-5-7-11-18(16)26-20/h4-12,19,25H,1-3H3. The van der Waals surface area contributed by atoms with Crippen LogP contribution in [0.25, 0.3) is 15.8 Å². The fourth-order valence-corrected chi connectivity index (χ4v) is 5.09. The lowest BCUT2D eigenvalue weighted by Crippen LogP contribution is -2.48. The second-order valence-corrected chi connectivity index (χ2v) is 8.63. The number of benzene rings is 2. The highest BCUT2D eigenvalue weighted by Crippen LogP contribution is 2.47. The fourth-order valence-electron chi connectivity index (χ4n) is 3.69. The average Bonchev–Trinajstić information content (AvgIpc) is 3.03. The van der Waals surface area contributed by atoms with E-state index in [0.717, 1.165) is 32.0 Å². The number of amides is 1. The van der Waals surface area contributed by atoms with Crippen molar-refractivity contribution in [2.75, 3.05) is 4.90 Å². The summed E-state index contributed by atoms with van der Waals surface area (Å²) in [6, 6.07) is 16.2. The molecule has 1 unspecified atom stereocenters. The molecule has 0 saturated heterocycles. The average molecular weight is 381 g/mol. The molecule has 0 saturated carbocycles. The maximum Gasteiger partial charge on any atom is 0.224 e. The van der Waals surface area contributed by atoms with Crippen molar-refractivity contribution in [2.45, 2.75) is 31.6 Å². The van der Waals surface area contributed by atoms with Crippen LogP contribution in [-0.2, 0) is 4.79 Å². The lowest BCUT2D eigenvalue weighted by Gasteiger charge is -2.42. The van der Waals surface area contributed by atoms with E-state index in [9.17, 15) is 4.79 Å². The van der Waals surface area contributed by atoms with Gasteiger partial charge < -0.3 is 4.90 Å². The third-order valence-electron chi connectivity index (χ3n) is 4.69. The molecule has 0 N–H and O–H groups in total. The number of aromatic nitrogens is 1. The number of thiol groups is 1. The molecule has 0 fully saturated rings. The number of nitrogens with zero attached hydrogens (tertiary/aromatic N) is 2. The number of carbonyl (C=O) groups excluding carboxylic acids is 1. The van der Waals surface area contributed by atoms with Crippen LogP contribution in [0.2, 0.25) is 0 Å². The van der Waals surface area contributed by atoms with Crippen LogP contribution in [0, 0.1) is 0 Å². The summed E-state index contributed by atoms with van der Waals surface area (Å²) in [5.41, 5.74) is 3.66. The summed E-state index contributed by atoms with van der Waals surface area (Å²) in [5.74, 6) is 0.0356. The minimum atomic E-state index is -0.423. The Morgan fingerprint density at radius 1 is 1.15 bits per heavy atom. The van der Waals surface area contributed by atoms with Gasteiger partial charge >= 0.3 is 0 Å². The SMILES string of the molecule is CC(=O)N1c2ccccc2C(C(S)c2nc3ccccc3s2)=CC1(C)C. The molecule has 132 valence electrons. The van der Waals surface area contributed by atoms with Gasteiger partial charge in [0.15, 0.2) is 0 Å². The van der Waals surface area contributed by atoms with E-state index in [2.05, 4.69) is 32.1 Å². The minimum Gasteiger partial charge on any atom is -0.303 e. The number of fused-ring (bicyclic) bond motifs is 2. The molecule has 0 spiro atoms. The third kappa shape index (κ3) is 2.75. The molecule has 1 aliphatic heterocycles. The molecule has 1 aliphatic rings. The first-order chi connectivity index (χ1) is 12.4. The van der Waals surface area contributed by atoms with Crippen molar-refractivity contribution in [3.63, 3.8) is 0 Å². The predicted molar refractivity (Wildman–Crippen MR) is 113 cm³/mol. The van der Waals surface area contributed by atoms with Crippen molar-refractivity contribution in [1.29, 1.82) is 0 Å². The van der Waals surface area contributed by atoms with E-state index in [1.807, 2.05) is 41.3 Å². The summed E-state index contributed by atoms with van der Waals surface area (Å²) in [5, 5.41) is 0.838. The van der Waals surface area contributed by atoms with Gasteiger partial charge in [-0.05, 0) is 37.6 Å². The van der Waals surface area contributed by atoms with E-state index in [4.69, 9.17) is 17.6 Å². The highest BCUT2D eigenvalue weighted by molar-refractivity contribution is 7.81. The number of rotatable bonds is 2. The van der Waals surface area contributed by atoms with Gasteiger partial charge in [0.25, 0.3) is 0 Å². The van der Waals surface area contributed by atoms with Crippen LogP contribution in [0.3, 0.4) is 0 Å². The number of anilines is 1. The monoisotopic (exact) mass is 380 g/mol. The van der Waals surface area contributed by atoms with E-state index in [0.29, 0.717) is 0 Å². The van der Waals surface area contributed by atoms with Crippen LogP contribution in [0.4, 0.5) is 5.69 Å². The molecule has 2 aromatic carbocycles. The van der Waals surface area contributed by atoms with Crippen LogP contribution in [0.5, 0.6) is 0 Å². The van der Waals surface area contributed by atoms with Gasteiger partial charge in [-0.1, -0.05) is 36.4 Å². The van der Waals surface area contributed by atoms with E-state index in [1.165, 1.54) is 0 Å². The fraction of sp³-hybridized carbons (Fsp3) is 0.238. The van der Waals surface area contributed by atoms with Gasteiger partial charge in [-0.3, -0.25) is 4.79 Å². The summed E-state index contributed by atoms with van der Waals surface area (Å²) in [7, 11) is 0. The smallest absolute Gasteiger partial charge is 0.224 e. The number of hydrogen-bond acceptors (Lipinski definition) is 4. The quantitative estimate of drug-likeness (QED) is 0.596. The molecule has 0 bridgehead atoms. The lowest BCUT2D eigenvalue weighted by molar-refractivity contribution is -0.117. The molecule has 5 heteroatoms. The van der Waals surface area contributed by atoms with Crippen molar-refractivity contribution in [2.24, 2.45) is 0 Å². The van der Waals surface area contributed by atoms with E-state index >= 15 is 0 Å². The van der Waals surface area contributed by atoms with Gasteiger partial charge in [0, 0.05) is 12.5 Å². The Balaban J connectivity index is 1.86. The van der Waals surface area contributed by atoms with Crippen LogP contribution in [-0.4, -0.2) is 16.4 Å². The zero-order valence-electron chi connectivity index (χ0n) is 14.9. The molecule has 3 nitrogen and oxygen atoms in total. The van der Waals surface area contributed by atoms with Crippen molar-refractivity contribution >= 4 is 51.3 Å². The first-order valence-corrected chi connectivity index (χ1v) is 9.88. The van der Waals surface area contributed by atoms with Crippen molar-refractivity contribution < 1.29 is 4.79 Å².